The molecule has 2 aromatic rings. The van der Waals surface area contributed by atoms with Crippen LogP contribution in [0.1, 0.15) is 29.2 Å². The standard InChI is InChI=1S/C19H26N4/c1-13-10-15(20)4-6-17(13)19-12-22-8-3-9-23(19)18-7-5-16(21)11-14(18)2/h4-7,10-11,19,22H,3,8-9,12,20-21H2,1-2H3. The fraction of sp³-hybridized carbons (Fsp3) is 0.368. The van der Waals surface area contributed by atoms with E-state index in [0.29, 0.717) is 6.04 Å². The summed E-state index contributed by atoms with van der Waals surface area (Å²) in [6.07, 6.45) is 1.13. The van der Waals surface area contributed by atoms with Crippen molar-refractivity contribution in [2.75, 3.05) is 36.0 Å². The molecule has 4 nitrogen and oxygen atoms in total. The summed E-state index contributed by atoms with van der Waals surface area (Å²) in [5.74, 6) is 0. The number of anilines is 3. The van der Waals surface area contributed by atoms with Gasteiger partial charge in [0.05, 0.1) is 6.04 Å². The zero-order valence-corrected chi connectivity index (χ0v) is 14.0. The van der Waals surface area contributed by atoms with E-state index in [9.17, 15) is 0 Å². The van der Waals surface area contributed by atoms with Crippen LogP contribution < -0.4 is 21.7 Å². The molecule has 1 atom stereocenters. The van der Waals surface area contributed by atoms with Gasteiger partial charge in [-0.1, -0.05) is 6.07 Å². The highest BCUT2D eigenvalue weighted by Gasteiger charge is 2.25. The molecule has 0 bridgehead atoms. The lowest BCUT2D eigenvalue weighted by atomic mass is 9.98. The molecule has 0 amide bonds. The summed E-state index contributed by atoms with van der Waals surface area (Å²) >= 11 is 0. The van der Waals surface area contributed by atoms with Gasteiger partial charge in [0.15, 0.2) is 0 Å². The molecule has 0 saturated carbocycles. The van der Waals surface area contributed by atoms with Crippen LogP contribution in [-0.2, 0) is 0 Å². The molecule has 0 radical (unpaired) electrons. The minimum Gasteiger partial charge on any atom is -0.399 e. The molecule has 0 spiro atoms. The molecule has 3 rings (SSSR count). The van der Waals surface area contributed by atoms with Crippen LogP contribution in [0.2, 0.25) is 0 Å². The number of aryl methyl sites for hydroxylation is 2. The number of nitrogens with one attached hydrogen (secondary N) is 1. The highest BCUT2D eigenvalue weighted by atomic mass is 15.2. The van der Waals surface area contributed by atoms with Crippen molar-refractivity contribution in [3.8, 4) is 0 Å². The van der Waals surface area contributed by atoms with Crippen LogP contribution in [0, 0.1) is 13.8 Å². The maximum absolute atomic E-state index is 5.93. The highest BCUT2D eigenvalue weighted by Crippen LogP contribution is 2.33. The summed E-state index contributed by atoms with van der Waals surface area (Å²) in [7, 11) is 0. The molecule has 1 fully saturated rings. The van der Waals surface area contributed by atoms with Gasteiger partial charge in [0, 0.05) is 30.2 Å². The number of hydrogen-bond acceptors (Lipinski definition) is 4. The molecule has 1 aliphatic heterocycles. The van der Waals surface area contributed by atoms with Gasteiger partial charge in [-0.3, -0.25) is 0 Å². The second-order valence-corrected chi connectivity index (χ2v) is 6.43. The van der Waals surface area contributed by atoms with Crippen LogP contribution >= 0.6 is 0 Å². The summed E-state index contributed by atoms with van der Waals surface area (Å²) in [6, 6.07) is 12.7. The predicted molar refractivity (Wildman–Crippen MR) is 98.8 cm³/mol. The van der Waals surface area contributed by atoms with E-state index in [4.69, 9.17) is 11.5 Å². The molecular weight excluding hydrogens is 284 g/mol. The van der Waals surface area contributed by atoms with Crippen LogP contribution in [-0.4, -0.2) is 19.6 Å². The Balaban J connectivity index is 2.03. The molecule has 1 saturated heterocycles. The number of nitrogen functional groups attached to an aromatic ring is 2. The minimum absolute atomic E-state index is 0.306. The van der Waals surface area contributed by atoms with Crippen LogP contribution in [0.4, 0.5) is 17.1 Å². The van der Waals surface area contributed by atoms with Gasteiger partial charge >= 0.3 is 0 Å². The molecule has 5 N–H and O–H groups in total. The van der Waals surface area contributed by atoms with Crippen LogP contribution in [0.15, 0.2) is 36.4 Å². The molecule has 1 unspecified atom stereocenters. The first-order valence-corrected chi connectivity index (χ1v) is 8.26. The van der Waals surface area contributed by atoms with Crippen molar-refractivity contribution in [1.29, 1.82) is 0 Å². The van der Waals surface area contributed by atoms with Crippen molar-refractivity contribution in [3.05, 3.63) is 53.1 Å². The first-order chi connectivity index (χ1) is 11.1. The quantitative estimate of drug-likeness (QED) is 0.746. The largest absolute Gasteiger partial charge is 0.399 e. The fourth-order valence-electron chi connectivity index (χ4n) is 3.52. The average Bonchev–Trinajstić information content (AvgIpc) is 2.73. The Morgan fingerprint density at radius 1 is 1.00 bits per heavy atom. The number of rotatable bonds is 2. The van der Waals surface area contributed by atoms with Crippen molar-refractivity contribution in [1.82, 2.24) is 5.32 Å². The molecule has 23 heavy (non-hydrogen) atoms. The van der Waals surface area contributed by atoms with Gasteiger partial charge in [-0.25, -0.2) is 0 Å². The lowest BCUT2D eigenvalue weighted by molar-refractivity contribution is 0.613. The maximum atomic E-state index is 5.93. The van der Waals surface area contributed by atoms with Gasteiger partial charge < -0.3 is 21.7 Å². The first kappa shape index (κ1) is 15.7. The molecule has 2 aromatic carbocycles. The van der Waals surface area contributed by atoms with E-state index in [2.05, 4.69) is 48.3 Å². The lowest BCUT2D eigenvalue weighted by Crippen LogP contribution is -2.33. The lowest BCUT2D eigenvalue weighted by Gasteiger charge is -2.34. The second kappa shape index (κ2) is 6.50. The molecule has 0 aromatic heterocycles. The van der Waals surface area contributed by atoms with E-state index in [-0.39, 0.29) is 0 Å². The van der Waals surface area contributed by atoms with Gasteiger partial charge in [0.2, 0.25) is 0 Å². The topological polar surface area (TPSA) is 67.3 Å². The third-order valence-corrected chi connectivity index (χ3v) is 4.65. The summed E-state index contributed by atoms with van der Waals surface area (Å²) in [5.41, 5.74) is 18.6. The minimum atomic E-state index is 0.306. The normalized spacial score (nSPS) is 18.7. The van der Waals surface area contributed by atoms with E-state index in [1.807, 2.05) is 12.1 Å². The van der Waals surface area contributed by atoms with Crippen LogP contribution in [0.3, 0.4) is 0 Å². The Bertz CT molecular complexity index is 636. The van der Waals surface area contributed by atoms with E-state index >= 15 is 0 Å². The molecule has 4 heteroatoms. The van der Waals surface area contributed by atoms with Gasteiger partial charge in [0.1, 0.15) is 0 Å². The van der Waals surface area contributed by atoms with Gasteiger partial charge in [0.25, 0.3) is 0 Å². The molecule has 122 valence electrons. The van der Waals surface area contributed by atoms with E-state index in [1.165, 1.54) is 22.4 Å². The summed E-state index contributed by atoms with van der Waals surface area (Å²) in [4.78, 5) is 2.51. The Kier molecular flexibility index (Phi) is 4.44. The zero-order chi connectivity index (χ0) is 16.4. The number of hydrogen-bond donors (Lipinski definition) is 3. The summed E-state index contributed by atoms with van der Waals surface area (Å²) in [6.45, 7) is 7.30. The number of nitrogens with zero attached hydrogens (tertiary/aromatic N) is 1. The monoisotopic (exact) mass is 310 g/mol. The zero-order valence-electron chi connectivity index (χ0n) is 14.0. The van der Waals surface area contributed by atoms with Crippen LogP contribution in [0.5, 0.6) is 0 Å². The van der Waals surface area contributed by atoms with E-state index in [1.54, 1.807) is 0 Å². The van der Waals surface area contributed by atoms with Crippen LogP contribution in [0.25, 0.3) is 0 Å². The van der Waals surface area contributed by atoms with Gasteiger partial charge in [-0.2, -0.15) is 0 Å². The first-order valence-electron chi connectivity index (χ1n) is 8.26. The Morgan fingerprint density at radius 3 is 2.39 bits per heavy atom. The number of benzene rings is 2. The third kappa shape index (κ3) is 3.27. The van der Waals surface area contributed by atoms with E-state index in [0.717, 1.165) is 37.4 Å². The Labute approximate surface area is 138 Å². The second-order valence-electron chi connectivity index (χ2n) is 6.43. The van der Waals surface area contributed by atoms with Crippen molar-refractivity contribution in [3.63, 3.8) is 0 Å². The molecular formula is C19H26N4. The summed E-state index contributed by atoms with van der Waals surface area (Å²) in [5, 5.41) is 3.57. The Morgan fingerprint density at radius 2 is 1.70 bits per heavy atom. The maximum Gasteiger partial charge on any atom is 0.0669 e. The molecule has 1 aliphatic rings. The predicted octanol–water partition coefficient (Wildman–Crippen LogP) is 3.01. The SMILES string of the molecule is Cc1cc(N)ccc1C1CNCCCN1c1ccc(N)cc1C. The molecule has 0 aliphatic carbocycles. The summed E-state index contributed by atoms with van der Waals surface area (Å²) < 4.78 is 0. The Hall–Kier alpha value is -2.20. The van der Waals surface area contributed by atoms with Crippen molar-refractivity contribution < 1.29 is 0 Å². The van der Waals surface area contributed by atoms with Crippen molar-refractivity contribution >= 4 is 17.1 Å². The van der Waals surface area contributed by atoms with Crippen molar-refractivity contribution in [2.24, 2.45) is 0 Å². The third-order valence-electron chi connectivity index (χ3n) is 4.65. The highest BCUT2D eigenvalue weighted by molar-refractivity contribution is 5.61. The van der Waals surface area contributed by atoms with Crippen molar-refractivity contribution in [2.45, 2.75) is 26.3 Å². The fourth-order valence-corrected chi connectivity index (χ4v) is 3.52. The molecule has 1 heterocycles. The average molecular weight is 310 g/mol. The van der Waals surface area contributed by atoms with Gasteiger partial charge in [-0.15, -0.1) is 0 Å². The van der Waals surface area contributed by atoms with E-state index < -0.39 is 0 Å². The number of nitrogens with two attached hydrogens (primary N) is 2. The smallest absolute Gasteiger partial charge is 0.0669 e. The van der Waals surface area contributed by atoms with Gasteiger partial charge in [-0.05, 0) is 73.8 Å².